The molecule has 0 radical (unpaired) electrons. The molecule has 2 heterocycles. The molecule has 4 nitrogen and oxygen atoms in total. The maximum absolute atomic E-state index is 12.7. The summed E-state index contributed by atoms with van der Waals surface area (Å²) in [5.74, 6) is 0. The van der Waals surface area contributed by atoms with Crippen molar-refractivity contribution in [1.29, 1.82) is 0 Å². The third-order valence-corrected chi connectivity index (χ3v) is 6.24. The van der Waals surface area contributed by atoms with Crippen LogP contribution in [0.1, 0.15) is 18.4 Å². The van der Waals surface area contributed by atoms with Crippen LogP contribution in [0.3, 0.4) is 0 Å². The van der Waals surface area contributed by atoms with Crippen molar-refractivity contribution in [3.8, 4) is 0 Å². The molecule has 2 bridgehead atoms. The fourth-order valence-corrected chi connectivity index (χ4v) is 5.03. The summed E-state index contributed by atoms with van der Waals surface area (Å²) < 4.78 is 33.5. The summed E-state index contributed by atoms with van der Waals surface area (Å²) >= 11 is 3.34. The van der Waals surface area contributed by atoms with Crippen molar-refractivity contribution in [3.63, 3.8) is 0 Å². The summed E-state index contributed by atoms with van der Waals surface area (Å²) in [5, 5.41) is 0. The average molecular weight is 346 g/mol. The average Bonchev–Trinajstić information content (AvgIpc) is 2.71. The number of sulfonamides is 1. The lowest BCUT2D eigenvalue weighted by atomic mass is 10.2. The SMILES string of the molecule is Cc1ccc(Br)cc1S(=O)(=O)N1CC2CCC(C1)O2. The van der Waals surface area contributed by atoms with Gasteiger partial charge in [0.15, 0.2) is 0 Å². The van der Waals surface area contributed by atoms with Gasteiger partial charge in [-0.05, 0) is 37.5 Å². The standard InChI is InChI=1S/C13H16BrNO3S/c1-9-2-3-10(14)6-13(9)19(16,17)15-7-11-4-5-12(8-15)18-11/h2-3,6,11-12H,4-5,7-8H2,1H3. The van der Waals surface area contributed by atoms with Crippen LogP contribution in [0.5, 0.6) is 0 Å². The first-order valence-corrected chi connectivity index (χ1v) is 8.62. The zero-order valence-electron chi connectivity index (χ0n) is 10.7. The lowest BCUT2D eigenvalue weighted by Crippen LogP contribution is -2.45. The Balaban J connectivity index is 1.96. The minimum Gasteiger partial charge on any atom is -0.372 e. The van der Waals surface area contributed by atoms with Crippen molar-refractivity contribution in [2.75, 3.05) is 13.1 Å². The van der Waals surface area contributed by atoms with Crippen molar-refractivity contribution in [2.45, 2.75) is 36.9 Å². The molecule has 2 unspecified atom stereocenters. The Hall–Kier alpha value is -0.430. The number of ether oxygens (including phenoxy) is 1. The molecule has 2 aliphatic rings. The lowest BCUT2D eigenvalue weighted by molar-refractivity contribution is -0.0114. The van der Waals surface area contributed by atoms with Crippen LogP contribution in [0.4, 0.5) is 0 Å². The van der Waals surface area contributed by atoms with Crippen molar-refractivity contribution in [3.05, 3.63) is 28.2 Å². The number of aryl methyl sites for hydroxylation is 1. The van der Waals surface area contributed by atoms with Gasteiger partial charge in [-0.2, -0.15) is 4.31 Å². The summed E-state index contributed by atoms with van der Waals surface area (Å²) in [6.07, 6.45) is 2.07. The number of hydrogen-bond donors (Lipinski definition) is 0. The van der Waals surface area contributed by atoms with Gasteiger partial charge in [0.25, 0.3) is 0 Å². The lowest BCUT2D eigenvalue weighted by Gasteiger charge is -2.31. The van der Waals surface area contributed by atoms with Crippen LogP contribution < -0.4 is 0 Å². The predicted octanol–water partition coefficient (Wildman–Crippen LogP) is 2.31. The van der Waals surface area contributed by atoms with Crippen molar-refractivity contribution < 1.29 is 13.2 Å². The van der Waals surface area contributed by atoms with Crippen molar-refractivity contribution >= 4 is 26.0 Å². The predicted molar refractivity (Wildman–Crippen MR) is 75.5 cm³/mol. The third kappa shape index (κ3) is 2.46. The number of morpholine rings is 1. The second-order valence-electron chi connectivity index (χ2n) is 5.19. The molecular weight excluding hydrogens is 330 g/mol. The van der Waals surface area contributed by atoms with Gasteiger partial charge in [-0.25, -0.2) is 8.42 Å². The van der Waals surface area contributed by atoms with Crippen LogP contribution in [0.15, 0.2) is 27.6 Å². The number of benzene rings is 1. The van der Waals surface area contributed by atoms with Crippen molar-refractivity contribution in [1.82, 2.24) is 4.31 Å². The summed E-state index contributed by atoms with van der Waals surface area (Å²) in [6, 6.07) is 5.37. The quantitative estimate of drug-likeness (QED) is 0.826. The molecule has 0 aliphatic carbocycles. The Morgan fingerprint density at radius 2 is 1.89 bits per heavy atom. The Bertz CT molecular complexity index is 590. The molecule has 0 aromatic heterocycles. The maximum atomic E-state index is 12.7. The smallest absolute Gasteiger partial charge is 0.243 e. The van der Waals surface area contributed by atoms with Crippen LogP contribution in [0.2, 0.25) is 0 Å². The molecule has 2 aliphatic heterocycles. The van der Waals surface area contributed by atoms with Gasteiger partial charge >= 0.3 is 0 Å². The van der Waals surface area contributed by atoms with Gasteiger partial charge < -0.3 is 4.74 Å². The Kier molecular flexibility index (Phi) is 3.45. The van der Waals surface area contributed by atoms with Gasteiger partial charge in [0, 0.05) is 17.6 Å². The van der Waals surface area contributed by atoms with Crippen LogP contribution in [0.25, 0.3) is 0 Å². The van der Waals surface area contributed by atoms with E-state index in [1.807, 2.05) is 19.1 Å². The first-order valence-electron chi connectivity index (χ1n) is 6.38. The molecular formula is C13H16BrNO3S. The summed E-state index contributed by atoms with van der Waals surface area (Å²) in [4.78, 5) is 0.392. The van der Waals surface area contributed by atoms with Gasteiger partial charge in [0.2, 0.25) is 10.0 Å². The number of fused-ring (bicyclic) bond motifs is 2. The third-order valence-electron chi connectivity index (χ3n) is 3.78. The van der Waals surface area contributed by atoms with Gasteiger partial charge in [0.1, 0.15) is 0 Å². The second kappa shape index (κ2) is 4.84. The van der Waals surface area contributed by atoms with Crippen LogP contribution in [-0.2, 0) is 14.8 Å². The van der Waals surface area contributed by atoms with E-state index < -0.39 is 10.0 Å². The molecule has 104 valence electrons. The number of halogens is 1. The molecule has 2 atom stereocenters. The maximum Gasteiger partial charge on any atom is 0.243 e. The van der Waals surface area contributed by atoms with E-state index in [0.717, 1.165) is 22.9 Å². The normalized spacial score (nSPS) is 27.7. The first kappa shape index (κ1) is 13.5. The van der Waals surface area contributed by atoms with Crippen LogP contribution in [0, 0.1) is 6.92 Å². The number of nitrogens with zero attached hydrogens (tertiary/aromatic N) is 1. The van der Waals surface area contributed by atoms with Crippen LogP contribution >= 0.6 is 15.9 Å². The monoisotopic (exact) mass is 345 g/mol. The summed E-state index contributed by atoms with van der Waals surface area (Å²) in [6.45, 7) is 2.78. The molecule has 0 N–H and O–H groups in total. The van der Waals surface area contributed by atoms with E-state index in [-0.39, 0.29) is 12.2 Å². The van der Waals surface area contributed by atoms with Gasteiger partial charge in [-0.1, -0.05) is 22.0 Å². The van der Waals surface area contributed by atoms with Gasteiger partial charge in [-0.15, -0.1) is 0 Å². The minimum atomic E-state index is -3.42. The zero-order chi connectivity index (χ0) is 13.6. The highest BCUT2D eigenvalue weighted by Gasteiger charge is 2.39. The molecule has 6 heteroatoms. The summed E-state index contributed by atoms with van der Waals surface area (Å²) in [5.41, 5.74) is 0.780. The molecule has 0 saturated carbocycles. The molecule has 1 aromatic carbocycles. The van der Waals surface area contributed by atoms with E-state index in [4.69, 9.17) is 4.74 Å². The van der Waals surface area contributed by atoms with Crippen molar-refractivity contribution in [2.24, 2.45) is 0 Å². The van der Waals surface area contributed by atoms with E-state index in [0.29, 0.717) is 18.0 Å². The molecule has 2 fully saturated rings. The molecule has 0 spiro atoms. The Labute approximate surface area is 121 Å². The largest absolute Gasteiger partial charge is 0.372 e. The fraction of sp³-hybridized carbons (Fsp3) is 0.538. The molecule has 0 amide bonds. The van der Waals surface area contributed by atoms with E-state index in [9.17, 15) is 8.42 Å². The Morgan fingerprint density at radius 3 is 2.53 bits per heavy atom. The first-order chi connectivity index (χ1) is 8.96. The second-order valence-corrected chi connectivity index (χ2v) is 8.01. The number of rotatable bonds is 2. The highest BCUT2D eigenvalue weighted by atomic mass is 79.9. The van der Waals surface area contributed by atoms with E-state index in [2.05, 4.69) is 15.9 Å². The molecule has 19 heavy (non-hydrogen) atoms. The van der Waals surface area contributed by atoms with E-state index >= 15 is 0 Å². The van der Waals surface area contributed by atoms with E-state index in [1.165, 1.54) is 0 Å². The highest BCUT2D eigenvalue weighted by molar-refractivity contribution is 9.10. The minimum absolute atomic E-state index is 0.0704. The zero-order valence-corrected chi connectivity index (χ0v) is 13.1. The highest BCUT2D eigenvalue weighted by Crippen LogP contribution is 2.31. The summed E-state index contributed by atoms with van der Waals surface area (Å²) in [7, 11) is -3.42. The van der Waals surface area contributed by atoms with Crippen LogP contribution in [-0.4, -0.2) is 38.0 Å². The Morgan fingerprint density at radius 1 is 1.26 bits per heavy atom. The van der Waals surface area contributed by atoms with E-state index in [1.54, 1.807) is 10.4 Å². The van der Waals surface area contributed by atoms with Gasteiger partial charge in [-0.3, -0.25) is 0 Å². The van der Waals surface area contributed by atoms with Gasteiger partial charge in [0.05, 0.1) is 17.1 Å². The molecule has 1 aromatic rings. The molecule has 2 saturated heterocycles. The topological polar surface area (TPSA) is 46.6 Å². The fourth-order valence-electron chi connectivity index (χ4n) is 2.76. The molecule has 3 rings (SSSR count). The number of hydrogen-bond acceptors (Lipinski definition) is 3.